The number of likely N-dealkylation sites (tertiary alicyclic amines) is 1. The molecule has 0 radical (unpaired) electrons. The summed E-state index contributed by atoms with van der Waals surface area (Å²) in [5.74, 6) is 0. The van der Waals surface area contributed by atoms with Crippen LogP contribution in [0.1, 0.15) is 19.3 Å². The largest absolute Gasteiger partial charge is 0.369 e. The van der Waals surface area contributed by atoms with Crippen LogP contribution >= 0.6 is 0 Å². The molecule has 0 aromatic carbocycles. The highest BCUT2D eigenvalue weighted by molar-refractivity contribution is 4.92. The molecule has 2 rings (SSSR count). The van der Waals surface area contributed by atoms with Gasteiger partial charge in [0, 0.05) is 18.9 Å². The van der Waals surface area contributed by atoms with Gasteiger partial charge in [-0.1, -0.05) is 6.42 Å². The molecule has 3 heteroatoms. The highest BCUT2D eigenvalue weighted by atomic mass is 15.2. The Morgan fingerprint density at radius 1 is 1.08 bits per heavy atom. The summed E-state index contributed by atoms with van der Waals surface area (Å²) in [5.41, 5.74) is 0. The van der Waals surface area contributed by atoms with Crippen molar-refractivity contribution in [2.24, 2.45) is 0 Å². The van der Waals surface area contributed by atoms with Crippen LogP contribution in [0, 0.1) is 0 Å². The van der Waals surface area contributed by atoms with E-state index in [2.05, 4.69) is 15.5 Å². The molecule has 0 saturated carbocycles. The van der Waals surface area contributed by atoms with E-state index >= 15 is 0 Å². The van der Waals surface area contributed by atoms with E-state index in [9.17, 15) is 0 Å². The lowest BCUT2D eigenvalue weighted by Gasteiger charge is -2.29. The Balaban J connectivity index is 1.70. The van der Waals surface area contributed by atoms with Crippen molar-refractivity contribution >= 4 is 0 Å². The molecule has 0 atom stereocenters. The lowest BCUT2D eigenvalue weighted by molar-refractivity contribution is 0.206. The zero-order valence-electron chi connectivity index (χ0n) is 7.42. The van der Waals surface area contributed by atoms with Crippen LogP contribution in [0.5, 0.6) is 0 Å². The minimum absolute atomic E-state index is 0.447. The topological polar surface area (TPSA) is 27.3 Å². The average molecular weight is 167 g/mol. The molecular formula is C9H17N3. The van der Waals surface area contributed by atoms with Crippen LogP contribution in [0.15, 0.2) is 12.4 Å². The van der Waals surface area contributed by atoms with E-state index < -0.39 is 0 Å². The van der Waals surface area contributed by atoms with Crippen molar-refractivity contribution in [2.75, 3.05) is 19.6 Å². The molecule has 1 fully saturated rings. The molecule has 2 aliphatic rings. The lowest BCUT2D eigenvalue weighted by atomic mass is 10.1. The molecule has 0 aliphatic carbocycles. The molecule has 3 nitrogen and oxygen atoms in total. The summed E-state index contributed by atoms with van der Waals surface area (Å²) in [6, 6.07) is 0. The van der Waals surface area contributed by atoms with Gasteiger partial charge in [0.05, 0.1) is 0 Å². The third kappa shape index (κ3) is 1.91. The van der Waals surface area contributed by atoms with E-state index in [1.54, 1.807) is 0 Å². The summed E-state index contributed by atoms with van der Waals surface area (Å²) in [6.07, 6.45) is 8.58. The van der Waals surface area contributed by atoms with Crippen molar-refractivity contribution in [2.45, 2.75) is 25.4 Å². The first kappa shape index (κ1) is 7.92. The van der Waals surface area contributed by atoms with Crippen LogP contribution in [0.4, 0.5) is 0 Å². The third-order valence-corrected chi connectivity index (χ3v) is 2.57. The summed E-state index contributed by atoms with van der Waals surface area (Å²) in [4.78, 5) is 2.53. The molecule has 68 valence electrons. The molecule has 2 N–H and O–H groups in total. The Morgan fingerprint density at radius 2 is 1.75 bits per heavy atom. The Labute approximate surface area is 73.8 Å². The Hall–Kier alpha value is -0.700. The molecule has 12 heavy (non-hydrogen) atoms. The van der Waals surface area contributed by atoms with Gasteiger partial charge in [0.25, 0.3) is 0 Å². The smallest absolute Gasteiger partial charge is 0.109 e. The van der Waals surface area contributed by atoms with E-state index in [1.807, 2.05) is 12.4 Å². The fraction of sp³-hybridized carbons (Fsp3) is 0.778. The van der Waals surface area contributed by atoms with Crippen LogP contribution in [0.25, 0.3) is 0 Å². The normalized spacial score (nSPS) is 25.3. The van der Waals surface area contributed by atoms with Gasteiger partial charge in [-0.3, -0.25) is 4.90 Å². The van der Waals surface area contributed by atoms with Gasteiger partial charge >= 0.3 is 0 Å². The second kappa shape index (κ2) is 3.81. The van der Waals surface area contributed by atoms with Crippen molar-refractivity contribution in [3.05, 3.63) is 12.4 Å². The molecule has 0 amide bonds. The van der Waals surface area contributed by atoms with Crippen molar-refractivity contribution in [3.8, 4) is 0 Å². The van der Waals surface area contributed by atoms with Gasteiger partial charge in [0.1, 0.15) is 6.17 Å². The van der Waals surface area contributed by atoms with Crippen molar-refractivity contribution in [1.82, 2.24) is 15.5 Å². The van der Waals surface area contributed by atoms with Gasteiger partial charge < -0.3 is 10.6 Å². The van der Waals surface area contributed by atoms with Crippen LogP contribution < -0.4 is 10.6 Å². The molecule has 0 bridgehead atoms. The second-order valence-corrected chi connectivity index (χ2v) is 3.58. The Morgan fingerprint density at radius 3 is 2.42 bits per heavy atom. The minimum atomic E-state index is 0.447. The number of piperidine rings is 1. The highest BCUT2D eigenvalue weighted by Gasteiger charge is 2.15. The first-order chi connectivity index (χ1) is 5.95. The van der Waals surface area contributed by atoms with E-state index in [0.717, 1.165) is 6.54 Å². The van der Waals surface area contributed by atoms with Crippen molar-refractivity contribution in [3.63, 3.8) is 0 Å². The quantitative estimate of drug-likeness (QED) is 0.626. The van der Waals surface area contributed by atoms with E-state index in [4.69, 9.17) is 0 Å². The average Bonchev–Trinajstić information content (AvgIpc) is 2.59. The van der Waals surface area contributed by atoms with Gasteiger partial charge in [0.2, 0.25) is 0 Å². The Kier molecular flexibility index (Phi) is 2.51. The molecular weight excluding hydrogens is 150 g/mol. The van der Waals surface area contributed by atoms with E-state index in [0.29, 0.717) is 6.17 Å². The molecule has 1 saturated heterocycles. The zero-order valence-corrected chi connectivity index (χ0v) is 7.42. The summed E-state index contributed by atoms with van der Waals surface area (Å²) in [6.45, 7) is 3.69. The van der Waals surface area contributed by atoms with Crippen LogP contribution in [0.2, 0.25) is 0 Å². The van der Waals surface area contributed by atoms with E-state index in [1.165, 1.54) is 32.4 Å². The number of rotatable bonds is 2. The van der Waals surface area contributed by atoms with E-state index in [-0.39, 0.29) is 0 Å². The summed E-state index contributed by atoms with van der Waals surface area (Å²) >= 11 is 0. The fourth-order valence-electron chi connectivity index (χ4n) is 1.88. The minimum Gasteiger partial charge on any atom is -0.369 e. The molecule has 2 aliphatic heterocycles. The van der Waals surface area contributed by atoms with Gasteiger partial charge in [-0.05, 0) is 25.9 Å². The SMILES string of the molecule is C1=CNC(CN2CCCCC2)N1. The standard InChI is InChI=1S/C9H17N3/c1-2-6-12(7-3-1)8-9-10-4-5-11-9/h4-5,9-11H,1-3,6-8H2. The number of nitrogens with zero attached hydrogens (tertiary/aromatic N) is 1. The lowest BCUT2D eigenvalue weighted by Crippen LogP contribution is -2.44. The summed E-state index contributed by atoms with van der Waals surface area (Å²) in [7, 11) is 0. The van der Waals surface area contributed by atoms with Gasteiger partial charge in [-0.15, -0.1) is 0 Å². The third-order valence-electron chi connectivity index (χ3n) is 2.57. The zero-order chi connectivity index (χ0) is 8.23. The van der Waals surface area contributed by atoms with Gasteiger partial charge in [0.15, 0.2) is 0 Å². The summed E-state index contributed by atoms with van der Waals surface area (Å²) < 4.78 is 0. The maximum Gasteiger partial charge on any atom is 0.109 e. The predicted molar refractivity (Wildman–Crippen MR) is 49.5 cm³/mol. The monoisotopic (exact) mass is 167 g/mol. The molecule has 0 aromatic heterocycles. The number of nitrogens with one attached hydrogen (secondary N) is 2. The first-order valence-corrected chi connectivity index (χ1v) is 4.84. The van der Waals surface area contributed by atoms with Crippen molar-refractivity contribution in [1.29, 1.82) is 0 Å². The number of hydrogen-bond acceptors (Lipinski definition) is 3. The molecule has 0 aromatic rings. The fourth-order valence-corrected chi connectivity index (χ4v) is 1.88. The summed E-state index contributed by atoms with van der Waals surface area (Å²) in [5, 5.41) is 6.54. The maximum atomic E-state index is 3.27. The first-order valence-electron chi connectivity index (χ1n) is 4.84. The maximum absolute atomic E-state index is 3.27. The van der Waals surface area contributed by atoms with Gasteiger partial charge in [-0.25, -0.2) is 0 Å². The van der Waals surface area contributed by atoms with Crippen molar-refractivity contribution < 1.29 is 0 Å². The molecule has 2 heterocycles. The molecule has 0 unspecified atom stereocenters. The van der Waals surface area contributed by atoms with Gasteiger partial charge in [-0.2, -0.15) is 0 Å². The van der Waals surface area contributed by atoms with Crippen LogP contribution in [0.3, 0.4) is 0 Å². The Bertz CT molecular complexity index is 153. The highest BCUT2D eigenvalue weighted by Crippen LogP contribution is 2.08. The van der Waals surface area contributed by atoms with Crippen LogP contribution in [-0.2, 0) is 0 Å². The molecule has 0 spiro atoms. The second-order valence-electron chi connectivity index (χ2n) is 3.58. The van der Waals surface area contributed by atoms with Crippen LogP contribution in [-0.4, -0.2) is 30.7 Å². The number of hydrogen-bond donors (Lipinski definition) is 2. The predicted octanol–water partition coefficient (Wildman–Crippen LogP) is 0.462.